The van der Waals surface area contributed by atoms with Gasteiger partial charge in [-0.1, -0.05) is 44.0 Å². The predicted octanol–water partition coefficient (Wildman–Crippen LogP) is 4.02. The predicted molar refractivity (Wildman–Crippen MR) is 88.7 cm³/mol. The van der Waals surface area contributed by atoms with Gasteiger partial charge in [-0.2, -0.15) is 0 Å². The number of carbonyl (C=O) groups is 1. The van der Waals surface area contributed by atoms with Gasteiger partial charge in [-0.15, -0.1) is 0 Å². The maximum absolute atomic E-state index is 12.8. The lowest BCUT2D eigenvalue weighted by Crippen LogP contribution is -2.51. The maximum Gasteiger partial charge on any atom is 0.156 e. The molecule has 2 heteroatoms. The fraction of sp³-hybridized carbons (Fsp3) is 0.632. The third-order valence-corrected chi connectivity index (χ3v) is 4.87. The van der Waals surface area contributed by atoms with E-state index in [0.717, 1.165) is 25.1 Å². The zero-order chi connectivity index (χ0) is 15.3. The molecule has 1 fully saturated rings. The Bertz CT molecular complexity index is 453. The van der Waals surface area contributed by atoms with Gasteiger partial charge in [-0.05, 0) is 57.3 Å². The first kappa shape index (κ1) is 16.2. The molecular formula is C19H29NO. The summed E-state index contributed by atoms with van der Waals surface area (Å²) in [6, 6.07) is 8.49. The quantitative estimate of drug-likeness (QED) is 0.815. The van der Waals surface area contributed by atoms with Crippen molar-refractivity contribution in [1.29, 1.82) is 0 Å². The van der Waals surface area contributed by atoms with Crippen LogP contribution in [0.4, 0.5) is 0 Å². The zero-order valence-corrected chi connectivity index (χ0v) is 13.8. The SMILES string of the molecule is CCc1ccc(CC(=O)C(C)(C)N2CCCCCC2)cc1. The second kappa shape index (κ2) is 7.22. The summed E-state index contributed by atoms with van der Waals surface area (Å²) >= 11 is 0. The molecule has 0 spiro atoms. The van der Waals surface area contributed by atoms with Crippen molar-refractivity contribution >= 4 is 5.78 Å². The average molecular weight is 287 g/mol. The monoisotopic (exact) mass is 287 g/mol. The first-order valence-corrected chi connectivity index (χ1v) is 8.40. The number of benzene rings is 1. The van der Waals surface area contributed by atoms with Gasteiger partial charge in [0.05, 0.1) is 5.54 Å². The highest BCUT2D eigenvalue weighted by Gasteiger charge is 2.33. The molecule has 1 heterocycles. The molecule has 1 saturated heterocycles. The van der Waals surface area contributed by atoms with E-state index in [2.05, 4.69) is 49.9 Å². The van der Waals surface area contributed by atoms with E-state index in [0.29, 0.717) is 12.2 Å². The number of likely N-dealkylation sites (tertiary alicyclic amines) is 1. The van der Waals surface area contributed by atoms with Crippen molar-refractivity contribution < 1.29 is 4.79 Å². The summed E-state index contributed by atoms with van der Waals surface area (Å²) in [5.74, 6) is 0.341. The van der Waals surface area contributed by atoms with Crippen molar-refractivity contribution in [2.45, 2.75) is 64.8 Å². The molecule has 0 aromatic heterocycles. The molecule has 21 heavy (non-hydrogen) atoms. The molecule has 0 amide bonds. The summed E-state index contributed by atoms with van der Waals surface area (Å²) in [6.45, 7) is 8.48. The average Bonchev–Trinajstić information content (AvgIpc) is 2.77. The number of rotatable bonds is 5. The van der Waals surface area contributed by atoms with E-state index in [4.69, 9.17) is 0 Å². The summed E-state index contributed by atoms with van der Waals surface area (Å²) in [4.78, 5) is 15.2. The van der Waals surface area contributed by atoms with Crippen molar-refractivity contribution in [2.75, 3.05) is 13.1 Å². The minimum Gasteiger partial charge on any atom is -0.297 e. The van der Waals surface area contributed by atoms with E-state index < -0.39 is 0 Å². The fourth-order valence-electron chi connectivity index (χ4n) is 3.10. The number of hydrogen-bond acceptors (Lipinski definition) is 2. The Labute approximate surface area is 129 Å². The Morgan fingerprint density at radius 1 is 1.00 bits per heavy atom. The zero-order valence-electron chi connectivity index (χ0n) is 13.8. The van der Waals surface area contributed by atoms with E-state index in [9.17, 15) is 4.79 Å². The highest BCUT2D eigenvalue weighted by Crippen LogP contribution is 2.22. The van der Waals surface area contributed by atoms with Crippen LogP contribution in [0, 0.1) is 0 Å². The topological polar surface area (TPSA) is 20.3 Å². The van der Waals surface area contributed by atoms with Crippen LogP contribution in [0.2, 0.25) is 0 Å². The molecule has 0 atom stereocenters. The summed E-state index contributed by atoms with van der Waals surface area (Å²) < 4.78 is 0. The Kier molecular flexibility index (Phi) is 5.58. The third kappa shape index (κ3) is 4.16. The number of aryl methyl sites for hydroxylation is 1. The molecule has 1 aliphatic rings. The number of nitrogens with zero attached hydrogens (tertiary/aromatic N) is 1. The Morgan fingerprint density at radius 3 is 2.05 bits per heavy atom. The Hall–Kier alpha value is -1.15. The summed E-state index contributed by atoms with van der Waals surface area (Å²) in [6.07, 6.45) is 6.66. The molecule has 1 aromatic carbocycles. The van der Waals surface area contributed by atoms with Crippen molar-refractivity contribution in [3.8, 4) is 0 Å². The van der Waals surface area contributed by atoms with Gasteiger partial charge in [0.2, 0.25) is 0 Å². The van der Waals surface area contributed by atoms with E-state index >= 15 is 0 Å². The van der Waals surface area contributed by atoms with Crippen molar-refractivity contribution in [1.82, 2.24) is 4.90 Å². The lowest BCUT2D eigenvalue weighted by molar-refractivity contribution is -0.128. The molecular weight excluding hydrogens is 258 g/mol. The smallest absolute Gasteiger partial charge is 0.156 e. The van der Waals surface area contributed by atoms with E-state index in [-0.39, 0.29) is 5.54 Å². The lowest BCUT2D eigenvalue weighted by Gasteiger charge is -2.36. The summed E-state index contributed by atoms with van der Waals surface area (Å²) in [5, 5.41) is 0. The first-order valence-electron chi connectivity index (χ1n) is 8.40. The number of carbonyl (C=O) groups excluding carboxylic acids is 1. The molecule has 1 aromatic rings. The number of hydrogen-bond donors (Lipinski definition) is 0. The van der Waals surface area contributed by atoms with Gasteiger partial charge in [0, 0.05) is 6.42 Å². The largest absolute Gasteiger partial charge is 0.297 e. The summed E-state index contributed by atoms with van der Waals surface area (Å²) in [7, 11) is 0. The third-order valence-electron chi connectivity index (χ3n) is 4.87. The van der Waals surface area contributed by atoms with Gasteiger partial charge in [-0.3, -0.25) is 9.69 Å². The fourth-order valence-corrected chi connectivity index (χ4v) is 3.10. The first-order chi connectivity index (χ1) is 10.0. The molecule has 2 nitrogen and oxygen atoms in total. The second-order valence-electron chi connectivity index (χ2n) is 6.73. The molecule has 0 radical (unpaired) electrons. The van der Waals surface area contributed by atoms with Crippen LogP contribution in [0.3, 0.4) is 0 Å². The maximum atomic E-state index is 12.8. The van der Waals surface area contributed by atoms with Crippen molar-refractivity contribution in [3.63, 3.8) is 0 Å². The highest BCUT2D eigenvalue weighted by atomic mass is 16.1. The van der Waals surface area contributed by atoms with Crippen LogP contribution >= 0.6 is 0 Å². The van der Waals surface area contributed by atoms with Gasteiger partial charge >= 0.3 is 0 Å². The standard InChI is InChI=1S/C19H29NO/c1-4-16-9-11-17(12-10-16)15-18(21)19(2,3)20-13-7-5-6-8-14-20/h9-12H,4-8,13-15H2,1-3H3. The van der Waals surface area contributed by atoms with Gasteiger partial charge in [0.25, 0.3) is 0 Å². The number of ketones is 1. The van der Waals surface area contributed by atoms with Crippen LogP contribution in [0.1, 0.15) is 57.6 Å². The van der Waals surface area contributed by atoms with Gasteiger partial charge < -0.3 is 0 Å². The second-order valence-corrected chi connectivity index (χ2v) is 6.73. The minimum absolute atomic E-state index is 0.340. The van der Waals surface area contributed by atoms with E-state index in [1.165, 1.54) is 31.2 Å². The number of Topliss-reactive ketones (excluding diaryl/α,β-unsaturated/α-hetero) is 1. The highest BCUT2D eigenvalue weighted by molar-refractivity contribution is 5.89. The van der Waals surface area contributed by atoms with Gasteiger partial charge in [0.1, 0.15) is 0 Å². The molecule has 0 aliphatic carbocycles. The van der Waals surface area contributed by atoms with Crippen LogP contribution in [-0.4, -0.2) is 29.3 Å². The van der Waals surface area contributed by atoms with Crippen LogP contribution in [0.15, 0.2) is 24.3 Å². The molecule has 0 N–H and O–H groups in total. The normalized spacial score (nSPS) is 17.5. The van der Waals surface area contributed by atoms with Crippen LogP contribution in [0.25, 0.3) is 0 Å². The lowest BCUT2D eigenvalue weighted by atomic mass is 9.91. The summed E-state index contributed by atoms with van der Waals surface area (Å²) in [5.41, 5.74) is 2.13. The van der Waals surface area contributed by atoms with Crippen LogP contribution < -0.4 is 0 Å². The van der Waals surface area contributed by atoms with E-state index in [1.807, 2.05) is 0 Å². The van der Waals surface area contributed by atoms with Gasteiger partial charge in [0.15, 0.2) is 5.78 Å². The van der Waals surface area contributed by atoms with Crippen molar-refractivity contribution in [2.24, 2.45) is 0 Å². The Morgan fingerprint density at radius 2 is 1.52 bits per heavy atom. The molecule has 2 rings (SSSR count). The molecule has 0 saturated carbocycles. The van der Waals surface area contributed by atoms with E-state index in [1.54, 1.807) is 0 Å². The van der Waals surface area contributed by atoms with Crippen LogP contribution in [0.5, 0.6) is 0 Å². The minimum atomic E-state index is -0.340. The Balaban J connectivity index is 2.02. The molecule has 116 valence electrons. The molecule has 0 unspecified atom stereocenters. The van der Waals surface area contributed by atoms with Crippen LogP contribution in [-0.2, 0) is 17.6 Å². The van der Waals surface area contributed by atoms with Crippen molar-refractivity contribution in [3.05, 3.63) is 35.4 Å². The molecule has 0 bridgehead atoms. The molecule has 1 aliphatic heterocycles. The van der Waals surface area contributed by atoms with Gasteiger partial charge in [-0.25, -0.2) is 0 Å².